The summed E-state index contributed by atoms with van der Waals surface area (Å²) in [7, 11) is 0. The van der Waals surface area contributed by atoms with Gasteiger partial charge >= 0.3 is 0 Å². The number of benzene rings is 1. The van der Waals surface area contributed by atoms with Gasteiger partial charge in [-0.25, -0.2) is 4.39 Å². The molecule has 0 radical (unpaired) electrons. The largest absolute Gasteiger partial charge is 0.488 e. The highest BCUT2D eigenvalue weighted by Crippen LogP contribution is 2.26. The number of allylic oxidation sites excluding steroid dienone is 2. The quantitative estimate of drug-likeness (QED) is 0.822. The summed E-state index contributed by atoms with van der Waals surface area (Å²) in [5.41, 5.74) is 1.15. The number of amides is 1. The van der Waals surface area contributed by atoms with Crippen LogP contribution in [0.1, 0.15) is 30.1 Å². The summed E-state index contributed by atoms with van der Waals surface area (Å²) in [6.45, 7) is 2.42. The van der Waals surface area contributed by atoms with Crippen LogP contribution >= 0.6 is 0 Å². The van der Waals surface area contributed by atoms with Crippen LogP contribution in [0.3, 0.4) is 0 Å². The van der Waals surface area contributed by atoms with Crippen molar-refractivity contribution in [1.82, 2.24) is 25.2 Å². The number of likely N-dealkylation sites (tertiary alicyclic amines) is 1. The van der Waals surface area contributed by atoms with Crippen LogP contribution in [0.15, 0.2) is 60.8 Å². The number of nitrogens with one attached hydrogen (secondary N) is 1. The van der Waals surface area contributed by atoms with Gasteiger partial charge in [-0.15, -0.1) is 0 Å². The van der Waals surface area contributed by atoms with Crippen LogP contribution in [0.5, 0.6) is 0 Å². The number of alkyl halides is 1. The Labute approximate surface area is 162 Å². The van der Waals surface area contributed by atoms with Gasteiger partial charge in [0.1, 0.15) is 6.10 Å². The maximum Gasteiger partial charge on any atom is 0.256 e. The van der Waals surface area contributed by atoms with Crippen molar-refractivity contribution in [2.75, 3.05) is 6.54 Å². The van der Waals surface area contributed by atoms with E-state index in [1.807, 2.05) is 25.1 Å². The number of aromatic nitrogens is 3. The first kappa shape index (κ1) is 18.2. The molecule has 1 saturated heterocycles. The zero-order valence-electron chi connectivity index (χ0n) is 15.5. The Morgan fingerprint density at radius 2 is 2.04 bits per heavy atom. The van der Waals surface area contributed by atoms with Crippen molar-refractivity contribution in [2.45, 2.75) is 38.2 Å². The summed E-state index contributed by atoms with van der Waals surface area (Å²) in [5, 5.41) is 10.9. The van der Waals surface area contributed by atoms with Gasteiger partial charge in [-0.2, -0.15) is 15.0 Å². The fourth-order valence-corrected chi connectivity index (χ4v) is 3.52. The summed E-state index contributed by atoms with van der Waals surface area (Å²) in [6.07, 6.45) is 7.93. The molecule has 1 aromatic heterocycles. The predicted molar refractivity (Wildman–Crippen MR) is 101 cm³/mol. The summed E-state index contributed by atoms with van der Waals surface area (Å²) in [5.74, 6) is 0.136. The molecule has 146 valence electrons. The van der Waals surface area contributed by atoms with Crippen LogP contribution in [0.4, 0.5) is 4.39 Å². The molecule has 2 aliphatic heterocycles. The summed E-state index contributed by atoms with van der Waals surface area (Å²) >= 11 is 0. The Morgan fingerprint density at radius 3 is 2.82 bits per heavy atom. The SMILES string of the molecule is C[C@@H]1CC[C@@H](OC2=CC=CNC2F)CN1C(=O)c1ccccc1-n1nccn1. The topological polar surface area (TPSA) is 72.3 Å². The maximum absolute atomic E-state index is 14.0. The van der Waals surface area contributed by atoms with Gasteiger partial charge in [0.2, 0.25) is 6.30 Å². The van der Waals surface area contributed by atoms with E-state index in [0.29, 0.717) is 17.8 Å². The van der Waals surface area contributed by atoms with E-state index in [0.717, 1.165) is 12.8 Å². The molecule has 7 nitrogen and oxygen atoms in total. The first-order valence-corrected chi connectivity index (χ1v) is 9.33. The monoisotopic (exact) mass is 383 g/mol. The first-order valence-electron chi connectivity index (χ1n) is 9.33. The third-order valence-corrected chi connectivity index (χ3v) is 5.02. The molecule has 3 heterocycles. The van der Waals surface area contributed by atoms with Gasteiger partial charge in [0.25, 0.3) is 5.91 Å². The molecule has 3 atom stereocenters. The summed E-state index contributed by atoms with van der Waals surface area (Å²) in [6, 6.07) is 7.31. The Bertz CT molecular complexity index is 896. The Morgan fingerprint density at radius 1 is 1.25 bits per heavy atom. The molecule has 1 fully saturated rings. The molecule has 8 heteroatoms. The van der Waals surface area contributed by atoms with Gasteiger partial charge in [0, 0.05) is 6.04 Å². The lowest BCUT2D eigenvalue weighted by molar-refractivity contribution is 0.00401. The molecule has 0 aliphatic carbocycles. The Hall–Kier alpha value is -3.16. The van der Waals surface area contributed by atoms with Crippen molar-refractivity contribution in [3.05, 3.63) is 66.3 Å². The van der Waals surface area contributed by atoms with Crippen molar-refractivity contribution in [2.24, 2.45) is 0 Å². The number of carbonyl (C=O) groups excluding carboxylic acids is 1. The van der Waals surface area contributed by atoms with Gasteiger partial charge in [0.15, 0.2) is 5.76 Å². The predicted octanol–water partition coefficient (Wildman–Crippen LogP) is 2.57. The number of hydrogen-bond donors (Lipinski definition) is 1. The number of dihydropyridines is 1. The van der Waals surface area contributed by atoms with Gasteiger partial charge in [0.05, 0.1) is 30.2 Å². The molecule has 1 unspecified atom stereocenters. The average molecular weight is 383 g/mol. The molecule has 1 aromatic carbocycles. The lowest BCUT2D eigenvalue weighted by Crippen LogP contribution is -2.48. The number of nitrogens with zero attached hydrogens (tertiary/aromatic N) is 4. The average Bonchev–Trinajstić information content (AvgIpc) is 3.25. The minimum atomic E-state index is -1.36. The van der Waals surface area contributed by atoms with Gasteiger partial charge in [-0.1, -0.05) is 12.1 Å². The van der Waals surface area contributed by atoms with Crippen LogP contribution < -0.4 is 5.32 Å². The fraction of sp³-hybridized carbons (Fsp3) is 0.350. The van der Waals surface area contributed by atoms with Crippen LogP contribution in [0, 0.1) is 0 Å². The van der Waals surface area contributed by atoms with Gasteiger partial charge in [-0.05, 0) is 50.3 Å². The molecule has 2 aromatic rings. The molecule has 28 heavy (non-hydrogen) atoms. The number of carbonyl (C=O) groups is 1. The van der Waals surface area contributed by atoms with Crippen molar-refractivity contribution >= 4 is 5.91 Å². The molecule has 0 bridgehead atoms. The highest BCUT2D eigenvalue weighted by atomic mass is 19.1. The molecule has 4 rings (SSSR count). The van der Waals surface area contributed by atoms with Crippen LogP contribution in [-0.4, -0.2) is 50.8 Å². The zero-order valence-corrected chi connectivity index (χ0v) is 15.5. The Kier molecular flexibility index (Phi) is 5.10. The van der Waals surface area contributed by atoms with Crippen LogP contribution in [0.2, 0.25) is 0 Å². The number of para-hydroxylation sites is 1. The normalized spacial score (nSPS) is 24.4. The van der Waals surface area contributed by atoms with E-state index < -0.39 is 6.30 Å². The minimum Gasteiger partial charge on any atom is -0.488 e. The van der Waals surface area contributed by atoms with E-state index in [4.69, 9.17) is 4.74 Å². The number of ether oxygens (including phenoxy) is 1. The van der Waals surface area contributed by atoms with Gasteiger partial charge in [-0.3, -0.25) is 4.79 Å². The first-order chi connectivity index (χ1) is 13.6. The highest BCUT2D eigenvalue weighted by Gasteiger charge is 2.33. The van der Waals surface area contributed by atoms with Gasteiger partial charge < -0.3 is 15.0 Å². The molecule has 2 aliphatic rings. The standard InChI is InChI=1S/C20H22FN5O2/c1-14-8-9-15(28-18-7-4-10-22-19(18)21)13-25(14)20(27)16-5-2-3-6-17(16)26-23-11-12-24-26/h2-7,10-12,14-15,19,22H,8-9,13H2,1H3/t14-,15-,19?/m1/s1. The van der Waals surface area contributed by atoms with E-state index in [1.165, 1.54) is 11.0 Å². The minimum absolute atomic E-state index is 0.0607. The number of halogens is 1. The lowest BCUT2D eigenvalue weighted by Gasteiger charge is -2.38. The smallest absolute Gasteiger partial charge is 0.256 e. The number of hydrogen-bond acceptors (Lipinski definition) is 5. The number of rotatable bonds is 4. The second-order valence-electron chi connectivity index (χ2n) is 6.92. The molecular formula is C20H22FN5O2. The third-order valence-electron chi connectivity index (χ3n) is 5.02. The summed E-state index contributed by atoms with van der Waals surface area (Å²) in [4.78, 5) is 16.5. The van der Waals surface area contributed by atoms with E-state index in [1.54, 1.807) is 35.5 Å². The van der Waals surface area contributed by atoms with Crippen molar-refractivity contribution < 1.29 is 13.9 Å². The molecule has 1 N–H and O–H groups in total. The van der Waals surface area contributed by atoms with E-state index in [2.05, 4.69) is 15.5 Å². The second kappa shape index (κ2) is 7.84. The fourth-order valence-electron chi connectivity index (χ4n) is 3.52. The van der Waals surface area contributed by atoms with E-state index in [9.17, 15) is 9.18 Å². The highest BCUT2D eigenvalue weighted by molar-refractivity contribution is 5.98. The van der Waals surface area contributed by atoms with Crippen LogP contribution in [0.25, 0.3) is 5.69 Å². The van der Waals surface area contributed by atoms with E-state index in [-0.39, 0.29) is 23.8 Å². The lowest BCUT2D eigenvalue weighted by atomic mass is 9.99. The maximum atomic E-state index is 14.0. The summed E-state index contributed by atoms with van der Waals surface area (Å²) < 4.78 is 19.8. The zero-order chi connectivity index (χ0) is 19.5. The number of piperidine rings is 1. The molecule has 1 amide bonds. The van der Waals surface area contributed by atoms with Crippen LogP contribution in [-0.2, 0) is 4.74 Å². The molecule has 0 saturated carbocycles. The Balaban J connectivity index is 1.54. The van der Waals surface area contributed by atoms with E-state index >= 15 is 0 Å². The molecule has 0 spiro atoms. The van der Waals surface area contributed by atoms with Crippen molar-refractivity contribution in [3.63, 3.8) is 0 Å². The molecular weight excluding hydrogens is 361 g/mol. The third kappa shape index (κ3) is 3.62. The second-order valence-corrected chi connectivity index (χ2v) is 6.92. The van der Waals surface area contributed by atoms with Crippen molar-refractivity contribution in [1.29, 1.82) is 0 Å². The van der Waals surface area contributed by atoms with Crippen molar-refractivity contribution in [3.8, 4) is 5.69 Å².